The second-order valence-corrected chi connectivity index (χ2v) is 4.94. The molecule has 0 atom stereocenters. The minimum absolute atomic E-state index is 0.0962. The van der Waals surface area contributed by atoms with Gasteiger partial charge in [-0.1, -0.05) is 23.7 Å². The number of esters is 1. The number of carbonyl (C=O) groups is 1. The van der Waals surface area contributed by atoms with Gasteiger partial charge in [-0.3, -0.25) is 4.79 Å². The molecule has 1 saturated carbocycles. The van der Waals surface area contributed by atoms with Crippen LogP contribution in [0.4, 0.5) is 0 Å². The van der Waals surface area contributed by atoms with Crippen LogP contribution in [0.5, 0.6) is 0 Å². The van der Waals surface area contributed by atoms with Crippen molar-refractivity contribution in [2.75, 3.05) is 13.7 Å². The van der Waals surface area contributed by atoms with E-state index in [1.54, 1.807) is 0 Å². The first-order valence-electron chi connectivity index (χ1n) is 5.70. The van der Waals surface area contributed by atoms with E-state index in [0.29, 0.717) is 6.54 Å². The van der Waals surface area contributed by atoms with Crippen molar-refractivity contribution >= 4 is 17.6 Å². The fourth-order valence-electron chi connectivity index (χ4n) is 1.87. The number of ether oxygens (including phenoxy) is 1. The average molecular weight is 254 g/mol. The van der Waals surface area contributed by atoms with E-state index in [9.17, 15) is 4.79 Å². The highest BCUT2D eigenvalue weighted by molar-refractivity contribution is 6.30. The lowest BCUT2D eigenvalue weighted by atomic mass is 10.1. The molecule has 1 aliphatic rings. The van der Waals surface area contributed by atoms with Gasteiger partial charge in [-0.25, -0.2) is 0 Å². The van der Waals surface area contributed by atoms with E-state index < -0.39 is 0 Å². The SMILES string of the molecule is COC(=O)C1(CNCc2ccc(Cl)cc2)CC1. The maximum Gasteiger partial charge on any atom is 0.313 e. The van der Waals surface area contributed by atoms with Gasteiger partial charge < -0.3 is 10.1 Å². The van der Waals surface area contributed by atoms with Crippen molar-refractivity contribution in [2.45, 2.75) is 19.4 Å². The van der Waals surface area contributed by atoms with Gasteiger partial charge in [-0.15, -0.1) is 0 Å². The van der Waals surface area contributed by atoms with Crippen molar-refractivity contribution in [1.82, 2.24) is 5.32 Å². The molecule has 0 saturated heterocycles. The Hall–Kier alpha value is -1.06. The maximum absolute atomic E-state index is 11.5. The number of benzene rings is 1. The molecule has 17 heavy (non-hydrogen) atoms. The van der Waals surface area contributed by atoms with Crippen molar-refractivity contribution in [1.29, 1.82) is 0 Å². The second kappa shape index (κ2) is 5.07. The van der Waals surface area contributed by atoms with E-state index in [1.165, 1.54) is 7.11 Å². The zero-order valence-corrected chi connectivity index (χ0v) is 10.6. The van der Waals surface area contributed by atoms with Gasteiger partial charge in [0.2, 0.25) is 0 Å². The van der Waals surface area contributed by atoms with Crippen molar-refractivity contribution in [3.63, 3.8) is 0 Å². The first-order valence-corrected chi connectivity index (χ1v) is 6.08. The average Bonchev–Trinajstić information content (AvgIpc) is 3.12. The number of rotatable bonds is 5. The minimum Gasteiger partial charge on any atom is -0.469 e. The molecule has 0 spiro atoms. The van der Waals surface area contributed by atoms with E-state index in [0.717, 1.165) is 30.0 Å². The van der Waals surface area contributed by atoms with Crippen LogP contribution in [0.2, 0.25) is 5.02 Å². The van der Waals surface area contributed by atoms with Crippen molar-refractivity contribution < 1.29 is 9.53 Å². The minimum atomic E-state index is -0.263. The highest BCUT2D eigenvalue weighted by Gasteiger charge is 2.50. The van der Waals surface area contributed by atoms with Gasteiger partial charge in [0.05, 0.1) is 12.5 Å². The molecule has 0 heterocycles. The van der Waals surface area contributed by atoms with Crippen LogP contribution < -0.4 is 5.32 Å². The lowest BCUT2D eigenvalue weighted by Crippen LogP contribution is -2.30. The van der Waals surface area contributed by atoms with Gasteiger partial charge in [-0.2, -0.15) is 0 Å². The summed E-state index contributed by atoms with van der Waals surface area (Å²) in [5.74, 6) is -0.0962. The Balaban J connectivity index is 1.80. The van der Waals surface area contributed by atoms with Gasteiger partial charge in [-0.05, 0) is 30.5 Å². The number of carbonyl (C=O) groups excluding carboxylic acids is 1. The summed E-state index contributed by atoms with van der Waals surface area (Å²) in [6.45, 7) is 1.43. The number of hydrogen-bond acceptors (Lipinski definition) is 3. The van der Waals surface area contributed by atoms with Gasteiger partial charge >= 0.3 is 5.97 Å². The topological polar surface area (TPSA) is 38.3 Å². The molecule has 0 unspecified atom stereocenters. The van der Waals surface area contributed by atoms with E-state index in [2.05, 4.69) is 5.32 Å². The van der Waals surface area contributed by atoms with Crippen LogP contribution in [-0.4, -0.2) is 19.6 Å². The molecule has 1 N–H and O–H groups in total. The predicted octanol–water partition coefficient (Wildman–Crippen LogP) is 2.38. The van der Waals surface area contributed by atoms with Crippen LogP contribution in [0.25, 0.3) is 0 Å². The number of halogens is 1. The molecule has 4 heteroatoms. The summed E-state index contributed by atoms with van der Waals surface area (Å²) in [6.07, 6.45) is 1.85. The monoisotopic (exact) mass is 253 g/mol. The molecule has 3 nitrogen and oxygen atoms in total. The first-order chi connectivity index (χ1) is 8.16. The van der Waals surface area contributed by atoms with Crippen molar-refractivity contribution in [3.8, 4) is 0 Å². The van der Waals surface area contributed by atoms with Crippen LogP contribution in [0.15, 0.2) is 24.3 Å². The molecule has 0 aliphatic heterocycles. The smallest absolute Gasteiger partial charge is 0.313 e. The second-order valence-electron chi connectivity index (χ2n) is 4.50. The lowest BCUT2D eigenvalue weighted by Gasteiger charge is -2.13. The van der Waals surface area contributed by atoms with Crippen LogP contribution in [0.1, 0.15) is 18.4 Å². The van der Waals surface area contributed by atoms with Gasteiger partial charge in [0.25, 0.3) is 0 Å². The molecule has 0 radical (unpaired) electrons. The molecule has 92 valence electrons. The molecular formula is C13H16ClNO2. The number of nitrogens with one attached hydrogen (secondary N) is 1. The highest BCUT2D eigenvalue weighted by Crippen LogP contribution is 2.46. The Labute approximate surface area is 106 Å². The molecule has 2 rings (SSSR count). The summed E-state index contributed by atoms with van der Waals surface area (Å²) in [7, 11) is 1.45. The fraction of sp³-hybridized carbons (Fsp3) is 0.462. The summed E-state index contributed by atoms with van der Waals surface area (Å²) in [5, 5.41) is 4.03. The first kappa shape index (κ1) is 12.4. The summed E-state index contributed by atoms with van der Waals surface area (Å²) in [4.78, 5) is 11.5. The van der Waals surface area contributed by atoms with Crippen molar-refractivity contribution in [2.24, 2.45) is 5.41 Å². The number of hydrogen-bond donors (Lipinski definition) is 1. The number of methoxy groups -OCH3 is 1. The quantitative estimate of drug-likeness (QED) is 0.819. The molecular weight excluding hydrogens is 238 g/mol. The summed E-state index contributed by atoms with van der Waals surface area (Å²) >= 11 is 5.81. The zero-order chi connectivity index (χ0) is 12.3. The van der Waals surface area contributed by atoms with Crippen LogP contribution in [0, 0.1) is 5.41 Å². The normalized spacial score (nSPS) is 16.6. The summed E-state index contributed by atoms with van der Waals surface area (Å²) in [5.41, 5.74) is 0.899. The van der Waals surface area contributed by atoms with E-state index in [4.69, 9.17) is 16.3 Å². The summed E-state index contributed by atoms with van der Waals surface area (Å²) < 4.78 is 4.80. The maximum atomic E-state index is 11.5. The molecule has 1 aliphatic carbocycles. The fourth-order valence-corrected chi connectivity index (χ4v) is 1.99. The highest BCUT2D eigenvalue weighted by atomic mass is 35.5. The Morgan fingerprint density at radius 1 is 1.41 bits per heavy atom. The molecule has 1 fully saturated rings. The van der Waals surface area contributed by atoms with E-state index >= 15 is 0 Å². The Morgan fingerprint density at radius 3 is 2.59 bits per heavy atom. The third-order valence-electron chi connectivity index (χ3n) is 3.18. The van der Waals surface area contributed by atoms with Crippen LogP contribution >= 0.6 is 11.6 Å². The molecule has 1 aromatic carbocycles. The van der Waals surface area contributed by atoms with Crippen LogP contribution in [-0.2, 0) is 16.1 Å². The van der Waals surface area contributed by atoms with Crippen LogP contribution in [0.3, 0.4) is 0 Å². The molecule has 0 bridgehead atoms. The molecule has 1 aromatic rings. The van der Waals surface area contributed by atoms with Gasteiger partial charge in [0, 0.05) is 18.1 Å². The third-order valence-corrected chi connectivity index (χ3v) is 3.43. The zero-order valence-electron chi connectivity index (χ0n) is 9.83. The van der Waals surface area contributed by atoms with Crippen molar-refractivity contribution in [3.05, 3.63) is 34.9 Å². The lowest BCUT2D eigenvalue weighted by molar-refractivity contribution is -0.146. The summed E-state index contributed by atoms with van der Waals surface area (Å²) in [6, 6.07) is 7.69. The Morgan fingerprint density at radius 2 is 2.06 bits per heavy atom. The Bertz CT molecular complexity index is 398. The largest absolute Gasteiger partial charge is 0.469 e. The molecule has 0 amide bonds. The van der Waals surface area contributed by atoms with Gasteiger partial charge in [0.1, 0.15) is 0 Å². The standard InChI is InChI=1S/C13H16ClNO2/c1-17-12(16)13(6-7-13)9-15-8-10-2-4-11(14)5-3-10/h2-5,15H,6-9H2,1H3. The molecule has 0 aromatic heterocycles. The predicted molar refractivity (Wildman–Crippen MR) is 66.8 cm³/mol. The van der Waals surface area contributed by atoms with E-state index in [-0.39, 0.29) is 11.4 Å². The van der Waals surface area contributed by atoms with Gasteiger partial charge in [0.15, 0.2) is 0 Å². The van der Waals surface area contributed by atoms with E-state index in [1.807, 2.05) is 24.3 Å². The Kier molecular flexibility index (Phi) is 3.69. The third kappa shape index (κ3) is 2.99.